The van der Waals surface area contributed by atoms with Gasteiger partial charge in [-0.1, -0.05) is 0 Å². The lowest BCUT2D eigenvalue weighted by Gasteiger charge is -2.05. The standard InChI is InChI=1S/C9H10BrN3O3/c1-2-11-9(14)12-6-3-4-7(10)8(5-6)13(15)16/h3-5H,2H2,1H3,(H2,11,12,14). The molecule has 2 N–H and O–H groups in total. The van der Waals surface area contributed by atoms with Crippen LogP contribution in [-0.4, -0.2) is 17.5 Å². The van der Waals surface area contributed by atoms with E-state index in [0.29, 0.717) is 16.7 Å². The molecule has 0 bridgehead atoms. The van der Waals surface area contributed by atoms with Crippen LogP contribution >= 0.6 is 15.9 Å². The molecule has 6 nitrogen and oxygen atoms in total. The molecule has 0 saturated heterocycles. The van der Waals surface area contributed by atoms with Crippen molar-refractivity contribution >= 4 is 33.3 Å². The zero-order chi connectivity index (χ0) is 12.1. The Morgan fingerprint density at radius 2 is 2.25 bits per heavy atom. The third-order valence-electron chi connectivity index (χ3n) is 1.74. The molecule has 16 heavy (non-hydrogen) atoms. The Kier molecular flexibility index (Phi) is 4.24. The number of hydrogen-bond acceptors (Lipinski definition) is 3. The highest BCUT2D eigenvalue weighted by Crippen LogP contribution is 2.27. The van der Waals surface area contributed by atoms with Gasteiger partial charge in [0.2, 0.25) is 0 Å². The van der Waals surface area contributed by atoms with Crippen LogP contribution in [0.1, 0.15) is 6.92 Å². The molecular formula is C9H10BrN3O3. The van der Waals surface area contributed by atoms with Crippen molar-refractivity contribution in [2.45, 2.75) is 6.92 Å². The molecule has 1 rings (SSSR count). The molecule has 0 saturated carbocycles. The average molecular weight is 288 g/mol. The molecule has 1 aromatic carbocycles. The Labute approximate surface area is 100 Å². The number of nitro groups is 1. The van der Waals surface area contributed by atoms with Crippen LogP contribution in [0.4, 0.5) is 16.2 Å². The number of nitrogens with zero attached hydrogens (tertiary/aromatic N) is 1. The maximum absolute atomic E-state index is 11.2. The molecule has 0 aliphatic heterocycles. The molecule has 0 fully saturated rings. The SMILES string of the molecule is CCNC(=O)Nc1ccc(Br)c([N+](=O)[O-])c1. The topological polar surface area (TPSA) is 84.3 Å². The molecule has 0 spiro atoms. The summed E-state index contributed by atoms with van der Waals surface area (Å²) in [5.74, 6) is 0. The third kappa shape index (κ3) is 3.20. The number of amides is 2. The van der Waals surface area contributed by atoms with Crippen LogP contribution in [0.2, 0.25) is 0 Å². The van der Waals surface area contributed by atoms with Gasteiger partial charge >= 0.3 is 6.03 Å². The summed E-state index contributed by atoms with van der Waals surface area (Å²) in [6, 6.07) is 3.99. The summed E-state index contributed by atoms with van der Waals surface area (Å²) < 4.78 is 0.374. The Morgan fingerprint density at radius 3 is 2.81 bits per heavy atom. The van der Waals surface area contributed by atoms with Crippen LogP contribution in [0, 0.1) is 10.1 Å². The molecule has 0 aromatic heterocycles. The van der Waals surface area contributed by atoms with E-state index in [1.807, 2.05) is 0 Å². The fourth-order valence-corrected chi connectivity index (χ4v) is 1.46. The molecule has 1 aromatic rings. The van der Waals surface area contributed by atoms with Crippen molar-refractivity contribution in [3.63, 3.8) is 0 Å². The number of rotatable bonds is 3. The van der Waals surface area contributed by atoms with Gasteiger partial charge in [-0.3, -0.25) is 10.1 Å². The molecule has 0 atom stereocenters. The van der Waals surface area contributed by atoms with Gasteiger partial charge in [0.05, 0.1) is 9.40 Å². The Morgan fingerprint density at radius 1 is 1.56 bits per heavy atom. The molecule has 86 valence electrons. The zero-order valence-electron chi connectivity index (χ0n) is 8.49. The smallest absolute Gasteiger partial charge is 0.319 e. The van der Waals surface area contributed by atoms with Gasteiger partial charge in [0, 0.05) is 18.3 Å². The normalized spacial score (nSPS) is 9.62. The predicted octanol–water partition coefficient (Wildman–Crippen LogP) is 2.50. The summed E-state index contributed by atoms with van der Waals surface area (Å²) in [6.45, 7) is 2.27. The maximum atomic E-state index is 11.2. The molecule has 0 heterocycles. The van der Waals surface area contributed by atoms with Crippen LogP contribution in [0.3, 0.4) is 0 Å². The van der Waals surface area contributed by atoms with Gasteiger partial charge < -0.3 is 10.6 Å². The van der Waals surface area contributed by atoms with Crippen molar-refractivity contribution < 1.29 is 9.72 Å². The quantitative estimate of drug-likeness (QED) is 0.662. The van der Waals surface area contributed by atoms with Crippen molar-refractivity contribution in [2.75, 3.05) is 11.9 Å². The number of carbonyl (C=O) groups is 1. The monoisotopic (exact) mass is 287 g/mol. The average Bonchev–Trinajstić information content (AvgIpc) is 2.21. The minimum atomic E-state index is -0.521. The highest BCUT2D eigenvalue weighted by molar-refractivity contribution is 9.10. The number of anilines is 1. The summed E-state index contributed by atoms with van der Waals surface area (Å²) in [4.78, 5) is 21.3. The summed E-state index contributed by atoms with van der Waals surface area (Å²) in [7, 11) is 0. The van der Waals surface area contributed by atoms with Gasteiger partial charge in [-0.25, -0.2) is 4.79 Å². The lowest BCUT2D eigenvalue weighted by molar-refractivity contribution is -0.385. The fourth-order valence-electron chi connectivity index (χ4n) is 1.07. The lowest BCUT2D eigenvalue weighted by Crippen LogP contribution is -2.28. The number of hydrogen-bond donors (Lipinski definition) is 2. The van der Waals surface area contributed by atoms with E-state index in [1.165, 1.54) is 12.1 Å². The fraction of sp³-hybridized carbons (Fsp3) is 0.222. The summed E-state index contributed by atoms with van der Waals surface area (Å²) in [5.41, 5.74) is 0.287. The van der Waals surface area contributed by atoms with Gasteiger partial charge in [0.25, 0.3) is 5.69 Å². The molecular weight excluding hydrogens is 278 g/mol. The van der Waals surface area contributed by atoms with Crippen LogP contribution < -0.4 is 10.6 Å². The first-order chi connectivity index (χ1) is 7.54. The first kappa shape index (κ1) is 12.4. The minimum absolute atomic E-state index is 0.0886. The van der Waals surface area contributed by atoms with E-state index in [4.69, 9.17) is 0 Å². The van der Waals surface area contributed by atoms with Crippen molar-refractivity contribution in [1.82, 2.24) is 5.32 Å². The first-order valence-corrected chi connectivity index (χ1v) is 5.32. The number of benzene rings is 1. The molecule has 0 aliphatic carbocycles. The van der Waals surface area contributed by atoms with E-state index in [-0.39, 0.29) is 11.7 Å². The van der Waals surface area contributed by atoms with Gasteiger partial charge in [0.1, 0.15) is 0 Å². The Bertz CT molecular complexity index is 422. The van der Waals surface area contributed by atoms with Crippen molar-refractivity contribution in [3.8, 4) is 0 Å². The van der Waals surface area contributed by atoms with E-state index in [1.54, 1.807) is 13.0 Å². The summed E-state index contributed by atoms with van der Waals surface area (Å²) in [6.07, 6.45) is 0. The van der Waals surface area contributed by atoms with Gasteiger partial charge in [0.15, 0.2) is 0 Å². The highest BCUT2D eigenvalue weighted by Gasteiger charge is 2.13. The minimum Gasteiger partial charge on any atom is -0.338 e. The van der Waals surface area contributed by atoms with E-state index in [9.17, 15) is 14.9 Å². The first-order valence-electron chi connectivity index (χ1n) is 4.53. The highest BCUT2D eigenvalue weighted by atomic mass is 79.9. The number of nitro benzene ring substituents is 1. The lowest BCUT2D eigenvalue weighted by atomic mass is 10.3. The van der Waals surface area contributed by atoms with Gasteiger partial charge in [-0.15, -0.1) is 0 Å². The number of urea groups is 1. The second kappa shape index (κ2) is 5.45. The number of nitrogens with one attached hydrogen (secondary N) is 2. The van der Waals surface area contributed by atoms with E-state index >= 15 is 0 Å². The Balaban J connectivity index is 2.87. The van der Waals surface area contributed by atoms with E-state index in [0.717, 1.165) is 0 Å². The van der Waals surface area contributed by atoms with Crippen molar-refractivity contribution in [3.05, 3.63) is 32.8 Å². The van der Waals surface area contributed by atoms with Crippen molar-refractivity contribution in [2.24, 2.45) is 0 Å². The van der Waals surface area contributed by atoms with Crippen LogP contribution in [0.15, 0.2) is 22.7 Å². The van der Waals surface area contributed by atoms with Crippen LogP contribution in [-0.2, 0) is 0 Å². The Hall–Kier alpha value is -1.63. The molecule has 2 amide bonds. The molecule has 0 unspecified atom stereocenters. The molecule has 0 radical (unpaired) electrons. The summed E-state index contributed by atoms with van der Waals surface area (Å²) >= 11 is 3.06. The van der Waals surface area contributed by atoms with Gasteiger partial charge in [-0.05, 0) is 35.0 Å². The van der Waals surface area contributed by atoms with Crippen LogP contribution in [0.5, 0.6) is 0 Å². The zero-order valence-corrected chi connectivity index (χ0v) is 10.1. The second-order valence-corrected chi connectivity index (χ2v) is 3.76. The predicted molar refractivity (Wildman–Crippen MR) is 63.5 cm³/mol. The van der Waals surface area contributed by atoms with E-state index in [2.05, 4.69) is 26.6 Å². The maximum Gasteiger partial charge on any atom is 0.319 e. The molecule has 0 aliphatic rings. The number of carbonyl (C=O) groups excluding carboxylic acids is 1. The number of halogens is 1. The largest absolute Gasteiger partial charge is 0.338 e. The van der Waals surface area contributed by atoms with Gasteiger partial charge in [-0.2, -0.15) is 0 Å². The van der Waals surface area contributed by atoms with Crippen molar-refractivity contribution in [1.29, 1.82) is 0 Å². The summed E-state index contributed by atoms with van der Waals surface area (Å²) in [5, 5.41) is 15.6. The molecule has 7 heteroatoms. The van der Waals surface area contributed by atoms with Crippen LogP contribution in [0.25, 0.3) is 0 Å². The third-order valence-corrected chi connectivity index (χ3v) is 2.41. The van der Waals surface area contributed by atoms with E-state index < -0.39 is 4.92 Å². The second-order valence-electron chi connectivity index (χ2n) is 2.91.